The van der Waals surface area contributed by atoms with Crippen LogP contribution in [0.15, 0.2) is 60.1 Å². The number of amides is 1. The van der Waals surface area contributed by atoms with Crippen LogP contribution in [0.25, 0.3) is 10.4 Å². The molecule has 0 radical (unpaired) electrons. The lowest BCUT2D eigenvalue weighted by Gasteiger charge is -2.32. The second kappa shape index (κ2) is 8.88. The Morgan fingerprint density at radius 3 is 2.59 bits per heavy atom. The van der Waals surface area contributed by atoms with Gasteiger partial charge in [-0.3, -0.25) is 4.79 Å². The van der Waals surface area contributed by atoms with Crippen molar-refractivity contribution < 1.29 is 13.6 Å². The van der Waals surface area contributed by atoms with Crippen molar-refractivity contribution in [3.05, 3.63) is 87.7 Å². The van der Waals surface area contributed by atoms with Crippen molar-refractivity contribution in [2.45, 2.75) is 26.7 Å². The average molecular weight is 470 g/mol. The van der Waals surface area contributed by atoms with E-state index in [1.807, 2.05) is 38.1 Å². The molecule has 2 aromatic carbocycles. The number of hydrogen-bond acceptors (Lipinski definition) is 5. The molecule has 0 unspecified atom stereocenters. The summed E-state index contributed by atoms with van der Waals surface area (Å²) in [5.74, 6) is -1.32. The molecule has 0 aliphatic heterocycles. The molecule has 0 spiro atoms. The van der Waals surface area contributed by atoms with Crippen molar-refractivity contribution in [1.82, 2.24) is 10.2 Å². The average Bonchev–Trinajstić information content (AvgIpc) is 3.42. The fraction of sp³-hybridized carbons (Fsp3) is 0.208. The fourth-order valence-corrected chi connectivity index (χ4v) is 5.41. The Hall–Kier alpha value is -2.97. The van der Waals surface area contributed by atoms with Crippen LogP contribution in [0, 0.1) is 24.0 Å². The summed E-state index contributed by atoms with van der Waals surface area (Å²) in [6, 6.07) is 15.3. The molecule has 164 valence electrons. The third-order valence-electron chi connectivity index (χ3n) is 5.44. The number of aryl methyl sites for hydroxylation is 1. The number of anilines is 1. The summed E-state index contributed by atoms with van der Waals surface area (Å²) in [5.41, 5.74) is 2.63. The first kappa shape index (κ1) is 22.2. The Labute approximate surface area is 193 Å². The van der Waals surface area contributed by atoms with Gasteiger partial charge in [-0.25, -0.2) is 8.78 Å². The number of thiophene rings is 1. The van der Waals surface area contributed by atoms with E-state index in [1.165, 1.54) is 40.9 Å². The van der Waals surface area contributed by atoms with Crippen LogP contribution in [0.3, 0.4) is 0 Å². The van der Waals surface area contributed by atoms with Crippen LogP contribution in [0.1, 0.15) is 35.8 Å². The molecule has 0 saturated heterocycles. The molecule has 4 aromatic rings. The normalized spacial score (nSPS) is 12.5. The van der Waals surface area contributed by atoms with Gasteiger partial charge in [-0.05, 0) is 53.9 Å². The van der Waals surface area contributed by atoms with Gasteiger partial charge in [0.15, 0.2) is 0 Å². The largest absolute Gasteiger partial charge is 0.300 e. The first-order chi connectivity index (χ1) is 15.3. The van der Waals surface area contributed by atoms with Gasteiger partial charge >= 0.3 is 0 Å². The number of nitrogens with zero attached hydrogens (tertiary/aromatic N) is 2. The van der Waals surface area contributed by atoms with Crippen molar-refractivity contribution in [3.63, 3.8) is 0 Å². The van der Waals surface area contributed by atoms with Gasteiger partial charge in [0.1, 0.15) is 17.1 Å². The van der Waals surface area contributed by atoms with Crippen molar-refractivity contribution in [2.75, 3.05) is 5.32 Å². The van der Waals surface area contributed by atoms with Crippen LogP contribution in [-0.4, -0.2) is 16.1 Å². The number of carbonyl (C=O) groups is 1. The Morgan fingerprint density at radius 2 is 1.91 bits per heavy atom. The number of rotatable bonds is 6. The van der Waals surface area contributed by atoms with Gasteiger partial charge in [0.2, 0.25) is 11.0 Å². The molecule has 2 heterocycles. The van der Waals surface area contributed by atoms with Gasteiger partial charge in [-0.2, -0.15) is 0 Å². The first-order valence-corrected chi connectivity index (χ1v) is 11.6. The van der Waals surface area contributed by atoms with Crippen molar-refractivity contribution >= 4 is 33.7 Å². The van der Waals surface area contributed by atoms with Crippen LogP contribution < -0.4 is 5.32 Å². The third-order valence-corrected chi connectivity index (χ3v) is 7.24. The van der Waals surface area contributed by atoms with Crippen LogP contribution >= 0.6 is 22.7 Å². The van der Waals surface area contributed by atoms with Crippen LogP contribution in [0.4, 0.5) is 13.9 Å². The highest BCUT2D eigenvalue weighted by atomic mass is 32.1. The Kier molecular flexibility index (Phi) is 6.17. The molecule has 0 aliphatic carbocycles. The molecule has 0 bridgehead atoms. The minimum Gasteiger partial charge on any atom is -0.300 e. The second-order valence-electron chi connectivity index (χ2n) is 8.07. The molecule has 2 aromatic heterocycles. The minimum atomic E-state index is -0.944. The van der Waals surface area contributed by atoms with Crippen molar-refractivity contribution in [1.29, 1.82) is 0 Å². The van der Waals surface area contributed by atoms with Gasteiger partial charge in [0.05, 0.1) is 5.41 Å². The van der Waals surface area contributed by atoms with Crippen molar-refractivity contribution in [2.24, 2.45) is 5.41 Å². The van der Waals surface area contributed by atoms with Crippen molar-refractivity contribution in [3.8, 4) is 10.4 Å². The van der Waals surface area contributed by atoms with E-state index in [0.717, 1.165) is 15.3 Å². The topological polar surface area (TPSA) is 54.9 Å². The van der Waals surface area contributed by atoms with Gasteiger partial charge in [-0.1, -0.05) is 49.4 Å². The maximum atomic E-state index is 14.1. The summed E-state index contributed by atoms with van der Waals surface area (Å²) in [5, 5.41) is 10.9. The Bertz CT molecular complexity index is 1250. The highest BCUT2D eigenvalue weighted by molar-refractivity contribution is 7.15. The molecule has 1 atom stereocenters. The van der Waals surface area contributed by atoms with Crippen LogP contribution in [-0.2, 0) is 4.79 Å². The maximum absolute atomic E-state index is 14.1. The number of halogens is 2. The standard InChI is InChI=1S/C24H21F2N3OS2/c1-14-7-8-15(12-18(14)26)19-9-10-20(32-19)21(16-5-4-6-17(25)11-16)24(2,3)22(30)28-23-29-27-13-31-23/h4-13,21H,1-3H3,(H,28,29,30)/t21-/m0/s1. The molecule has 1 amide bonds. The number of benzene rings is 2. The predicted molar refractivity (Wildman–Crippen MR) is 125 cm³/mol. The predicted octanol–water partition coefficient (Wildman–Crippen LogP) is 6.65. The van der Waals surface area contributed by atoms with Gasteiger partial charge in [-0.15, -0.1) is 21.5 Å². The summed E-state index contributed by atoms with van der Waals surface area (Å²) < 4.78 is 28.2. The zero-order valence-electron chi connectivity index (χ0n) is 17.7. The summed E-state index contributed by atoms with van der Waals surface area (Å²) in [6.07, 6.45) is 0. The van der Waals surface area contributed by atoms with E-state index >= 15 is 0 Å². The Morgan fingerprint density at radius 1 is 1.09 bits per heavy atom. The SMILES string of the molecule is Cc1ccc(-c2ccc([C@H](c3cccc(F)c3)C(C)(C)C(=O)Nc3nncs3)s2)cc1F. The molecule has 0 saturated carbocycles. The summed E-state index contributed by atoms with van der Waals surface area (Å²) in [7, 11) is 0. The zero-order valence-corrected chi connectivity index (χ0v) is 19.4. The van der Waals surface area contributed by atoms with E-state index in [4.69, 9.17) is 0 Å². The summed E-state index contributed by atoms with van der Waals surface area (Å²) in [6.45, 7) is 5.37. The van der Waals surface area contributed by atoms with E-state index < -0.39 is 11.3 Å². The van der Waals surface area contributed by atoms with E-state index in [9.17, 15) is 13.6 Å². The Balaban J connectivity index is 1.76. The number of hydrogen-bond donors (Lipinski definition) is 1. The molecular formula is C24H21F2N3OS2. The van der Waals surface area contributed by atoms with E-state index in [0.29, 0.717) is 16.3 Å². The molecule has 4 rings (SSSR count). The quantitative estimate of drug-likeness (QED) is 0.344. The molecule has 1 N–H and O–H groups in total. The maximum Gasteiger partial charge on any atom is 0.232 e. The minimum absolute atomic E-state index is 0.250. The van der Waals surface area contributed by atoms with Gasteiger partial charge in [0.25, 0.3) is 0 Å². The number of nitrogens with one attached hydrogen (secondary N) is 1. The smallest absolute Gasteiger partial charge is 0.232 e. The van der Waals surface area contributed by atoms with E-state index in [-0.39, 0.29) is 17.5 Å². The highest BCUT2D eigenvalue weighted by Crippen LogP contribution is 2.46. The molecule has 4 nitrogen and oxygen atoms in total. The van der Waals surface area contributed by atoms with Gasteiger partial charge in [0, 0.05) is 15.7 Å². The number of aromatic nitrogens is 2. The van der Waals surface area contributed by atoms with Gasteiger partial charge < -0.3 is 5.32 Å². The lowest BCUT2D eigenvalue weighted by molar-refractivity contribution is -0.124. The fourth-order valence-electron chi connectivity index (χ4n) is 3.65. The highest BCUT2D eigenvalue weighted by Gasteiger charge is 2.40. The summed E-state index contributed by atoms with van der Waals surface area (Å²) in [4.78, 5) is 15.0. The van der Waals surface area contributed by atoms with E-state index in [1.54, 1.807) is 24.6 Å². The lowest BCUT2D eigenvalue weighted by Crippen LogP contribution is -2.36. The summed E-state index contributed by atoms with van der Waals surface area (Å²) >= 11 is 2.70. The second-order valence-corrected chi connectivity index (χ2v) is 10.0. The third kappa shape index (κ3) is 4.47. The molecule has 0 aliphatic rings. The molecule has 8 heteroatoms. The lowest BCUT2D eigenvalue weighted by atomic mass is 9.73. The monoisotopic (exact) mass is 469 g/mol. The molecule has 0 fully saturated rings. The zero-order chi connectivity index (χ0) is 22.9. The van der Waals surface area contributed by atoms with Crippen LogP contribution in [0.5, 0.6) is 0 Å². The van der Waals surface area contributed by atoms with Crippen LogP contribution in [0.2, 0.25) is 0 Å². The number of carbonyl (C=O) groups excluding carboxylic acids is 1. The first-order valence-electron chi connectivity index (χ1n) is 9.95. The van der Waals surface area contributed by atoms with E-state index in [2.05, 4.69) is 15.5 Å². The molecular weight excluding hydrogens is 448 g/mol. The molecule has 32 heavy (non-hydrogen) atoms.